The van der Waals surface area contributed by atoms with Crippen LogP contribution in [-0.4, -0.2) is 31.8 Å². The molecule has 0 saturated heterocycles. The third-order valence-electron chi connectivity index (χ3n) is 2.75. The van der Waals surface area contributed by atoms with E-state index in [-0.39, 0.29) is 12.5 Å². The monoisotopic (exact) mass is 286 g/mol. The molecule has 0 aliphatic carbocycles. The van der Waals surface area contributed by atoms with E-state index >= 15 is 0 Å². The second kappa shape index (κ2) is 7.28. The Morgan fingerprint density at radius 3 is 2.81 bits per heavy atom. The number of amides is 1. The van der Waals surface area contributed by atoms with Crippen LogP contribution >= 0.6 is 0 Å². The molecule has 0 spiro atoms. The molecule has 1 aromatic heterocycles. The number of nitrogens with zero attached hydrogens (tertiary/aromatic N) is 5. The normalized spacial score (nSPS) is 11.4. The van der Waals surface area contributed by atoms with Gasteiger partial charge in [0.1, 0.15) is 6.54 Å². The van der Waals surface area contributed by atoms with E-state index in [1.165, 1.54) is 4.80 Å². The van der Waals surface area contributed by atoms with E-state index in [2.05, 4.69) is 32.9 Å². The van der Waals surface area contributed by atoms with Gasteiger partial charge in [-0.2, -0.15) is 9.90 Å². The second-order valence-corrected chi connectivity index (χ2v) is 4.64. The number of carbonyl (C=O) groups is 1. The fourth-order valence-electron chi connectivity index (χ4n) is 1.75. The molecule has 0 aliphatic rings. The predicted molar refractivity (Wildman–Crippen MR) is 79.4 cm³/mol. The number of carbonyl (C=O) groups excluding carboxylic acids is 1. The lowest BCUT2D eigenvalue weighted by Gasteiger charge is -2.00. The van der Waals surface area contributed by atoms with Gasteiger partial charge in [0, 0.05) is 11.3 Å². The molecule has 110 valence electrons. The molecule has 1 aromatic carbocycles. The van der Waals surface area contributed by atoms with Gasteiger partial charge in [0.15, 0.2) is 0 Å². The molecule has 7 heteroatoms. The van der Waals surface area contributed by atoms with Gasteiger partial charge in [0.05, 0.1) is 0 Å². The fourth-order valence-corrected chi connectivity index (χ4v) is 1.75. The number of rotatable bonds is 6. The van der Waals surface area contributed by atoms with Crippen molar-refractivity contribution in [1.29, 1.82) is 0 Å². The lowest BCUT2D eigenvalue weighted by molar-refractivity contribution is -0.122. The molecule has 1 N–H and O–H groups in total. The van der Waals surface area contributed by atoms with Crippen LogP contribution in [0.1, 0.15) is 26.7 Å². The Balaban J connectivity index is 1.94. The second-order valence-electron chi connectivity index (χ2n) is 4.64. The van der Waals surface area contributed by atoms with Crippen molar-refractivity contribution < 1.29 is 4.79 Å². The van der Waals surface area contributed by atoms with Gasteiger partial charge >= 0.3 is 0 Å². The highest BCUT2D eigenvalue weighted by atomic mass is 16.2. The van der Waals surface area contributed by atoms with Crippen molar-refractivity contribution in [3.05, 3.63) is 30.3 Å². The highest BCUT2D eigenvalue weighted by Gasteiger charge is 2.08. The summed E-state index contributed by atoms with van der Waals surface area (Å²) in [6.07, 6.45) is 1.86. The first kappa shape index (κ1) is 14.8. The molecule has 0 aliphatic heterocycles. The van der Waals surface area contributed by atoms with E-state index in [4.69, 9.17) is 0 Å². The van der Waals surface area contributed by atoms with Crippen LogP contribution in [0, 0.1) is 0 Å². The van der Waals surface area contributed by atoms with Gasteiger partial charge in [-0.1, -0.05) is 43.7 Å². The predicted octanol–water partition coefficient (Wildman–Crippen LogP) is 1.63. The first-order valence-corrected chi connectivity index (χ1v) is 6.84. The summed E-state index contributed by atoms with van der Waals surface area (Å²) in [4.78, 5) is 13.0. The van der Waals surface area contributed by atoms with E-state index < -0.39 is 0 Å². The number of benzene rings is 1. The van der Waals surface area contributed by atoms with E-state index in [0.717, 1.165) is 24.1 Å². The number of aromatic nitrogens is 4. The maximum atomic E-state index is 11.7. The smallest absolute Gasteiger partial charge is 0.263 e. The van der Waals surface area contributed by atoms with E-state index in [1.54, 1.807) is 0 Å². The molecule has 2 rings (SSSR count). The summed E-state index contributed by atoms with van der Waals surface area (Å²) in [5.74, 6) is 0.219. The zero-order valence-electron chi connectivity index (χ0n) is 12.2. The summed E-state index contributed by atoms with van der Waals surface area (Å²) in [6.45, 7) is 3.93. The first-order valence-electron chi connectivity index (χ1n) is 6.84. The van der Waals surface area contributed by atoms with Crippen LogP contribution in [0.15, 0.2) is 35.4 Å². The van der Waals surface area contributed by atoms with Crippen molar-refractivity contribution in [2.24, 2.45) is 5.10 Å². The summed E-state index contributed by atoms with van der Waals surface area (Å²) >= 11 is 0. The van der Waals surface area contributed by atoms with Crippen molar-refractivity contribution in [2.45, 2.75) is 33.2 Å². The van der Waals surface area contributed by atoms with Crippen molar-refractivity contribution in [1.82, 2.24) is 25.6 Å². The minimum absolute atomic E-state index is 0.0112. The molecule has 0 fully saturated rings. The third-order valence-corrected chi connectivity index (χ3v) is 2.75. The van der Waals surface area contributed by atoms with Crippen LogP contribution in [-0.2, 0) is 11.3 Å². The highest BCUT2D eigenvalue weighted by Crippen LogP contribution is 2.11. The lowest BCUT2D eigenvalue weighted by Crippen LogP contribution is -2.25. The minimum Gasteiger partial charge on any atom is -0.271 e. The molecule has 2 aromatic rings. The Bertz CT molecular complexity index is 619. The molecule has 0 bridgehead atoms. The van der Waals surface area contributed by atoms with E-state index in [1.807, 2.05) is 37.3 Å². The number of hydrogen-bond acceptors (Lipinski definition) is 5. The highest BCUT2D eigenvalue weighted by molar-refractivity contribution is 5.84. The molecule has 7 nitrogen and oxygen atoms in total. The molecule has 0 radical (unpaired) electrons. The molecular weight excluding hydrogens is 268 g/mol. The topological polar surface area (TPSA) is 85.1 Å². The average molecular weight is 286 g/mol. The maximum Gasteiger partial charge on any atom is 0.263 e. The van der Waals surface area contributed by atoms with Crippen molar-refractivity contribution in [2.75, 3.05) is 0 Å². The molecule has 21 heavy (non-hydrogen) atoms. The third kappa shape index (κ3) is 4.48. The van der Waals surface area contributed by atoms with Crippen LogP contribution in [0.4, 0.5) is 0 Å². The molecular formula is C14H18N6O. The first-order chi connectivity index (χ1) is 10.2. The Labute approximate surface area is 123 Å². The molecule has 0 atom stereocenters. The Morgan fingerprint density at radius 2 is 2.10 bits per heavy atom. The SMILES string of the molecule is CCC/C(C)=N\NC(=O)Cn1nnc(-c2ccccc2)n1. The van der Waals surface area contributed by atoms with E-state index in [0.29, 0.717) is 5.82 Å². The van der Waals surface area contributed by atoms with Gasteiger partial charge in [-0.05, 0) is 18.6 Å². The summed E-state index contributed by atoms with van der Waals surface area (Å²) < 4.78 is 0. The van der Waals surface area contributed by atoms with Crippen molar-refractivity contribution >= 4 is 11.6 Å². The Hall–Kier alpha value is -2.57. The van der Waals surface area contributed by atoms with Gasteiger partial charge in [-0.3, -0.25) is 4.79 Å². The van der Waals surface area contributed by atoms with Crippen LogP contribution in [0.25, 0.3) is 11.4 Å². The Morgan fingerprint density at radius 1 is 1.33 bits per heavy atom. The lowest BCUT2D eigenvalue weighted by atomic mass is 10.2. The number of tetrazole rings is 1. The van der Waals surface area contributed by atoms with Crippen molar-refractivity contribution in [3.8, 4) is 11.4 Å². The number of hydrazone groups is 1. The zero-order chi connectivity index (χ0) is 15.1. The molecule has 1 amide bonds. The van der Waals surface area contributed by atoms with Gasteiger partial charge in [0.25, 0.3) is 5.91 Å². The van der Waals surface area contributed by atoms with Crippen LogP contribution < -0.4 is 5.43 Å². The molecule has 0 unspecified atom stereocenters. The molecule has 1 heterocycles. The standard InChI is InChI=1S/C14H18N6O/c1-3-7-11(2)15-16-13(21)10-20-18-14(17-19-20)12-8-5-4-6-9-12/h4-6,8-9H,3,7,10H2,1-2H3,(H,16,21)/b15-11-. The van der Waals surface area contributed by atoms with Crippen molar-refractivity contribution in [3.63, 3.8) is 0 Å². The van der Waals surface area contributed by atoms with E-state index in [9.17, 15) is 4.79 Å². The van der Waals surface area contributed by atoms with Crippen LogP contribution in [0.2, 0.25) is 0 Å². The van der Waals surface area contributed by atoms with Gasteiger partial charge in [-0.15, -0.1) is 10.2 Å². The number of hydrogen-bond donors (Lipinski definition) is 1. The summed E-state index contributed by atoms with van der Waals surface area (Å²) in [7, 11) is 0. The minimum atomic E-state index is -0.275. The summed E-state index contributed by atoms with van der Waals surface area (Å²) in [5.41, 5.74) is 4.24. The van der Waals surface area contributed by atoms with Gasteiger partial charge in [0.2, 0.25) is 5.82 Å². The van der Waals surface area contributed by atoms with Gasteiger partial charge in [-0.25, -0.2) is 5.43 Å². The number of nitrogens with one attached hydrogen (secondary N) is 1. The zero-order valence-corrected chi connectivity index (χ0v) is 12.2. The van der Waals surface area contributed by atoms with Gasteiger partial charge < -0.3 is 0 Å². The fraction of sp³-hybridized carbons (Fsp3) is 0.357. The Kier molecular flexibility index (Phi) is 5.14. The van der Waals surface area contributed by atoms with Crippen LogP contribution in [0.3, 0.4) is 0 Å². The summed E-state index contributed by atoms with van der Waals surface area (Å²) in [6, 6.07) is 9.49. The quantitative estimate of drug-likeness (QED) is 0.646. The summed E-state index contributed by atoms with van der Waals surface area (Å²) in [5, 5.41) is 16.0. The molecule has 0 saturated carbocycles. The average Bonchev–Trinajstić information content (AvgIpc) is 2.95. The van der Waals surface area contributed by atoms with Crippen LogP contribution in [0.5, 0.6) is 0 Å². The maximum absolute atomic E-state index is 11.7. The largest absolute Gasteiger partial charge is 0.271 e.